The first kappa shape index (κ1) is 12.7. The zero-order valence-electron chi connectivity index (χ0n) is 7.80. The molecular weight excluding hydrogens is 184 g/mol. The minimum atomic E-state index is -0.954. The van der Waals surface area contributed by atoms with E-state index in [1.165, 1.54) is 0 Å². The fourth-order valence-corrected chi connectivity index (χ4v) is 0.569. The van der Waals surface area contributed by atoms with Crippen molar-refractivity contribution in [1.82, 2.24) is 0 Å². The lowest BCUT2D eigenvalue weighted by molar-refractivity contribution is 0.0450. The van der Waals surface area contributed by atoms with Gasteiger partial charge in [0.2, 0.25) is 0 Å². The van der Waals surface area contributed by atoms with Crippen molar-refractivity contribution in [2.24, 2.45) is 0 Å². The first-order valence-electron chi connectivity index (χ1n) is 4.11. The van der Waals surface area contributed by atoms with Crippen LogP contribution in [0.15, 0.2) is 24.3 Å². The first-order chi connectivity index (χ1) is 6.61. The average Bonchev–Trinajstić information content (AvgIpc) is 2.22. The van der Waals surface area contributed by atoms with E-state index in [9.17, 15) is 0 Å². The van der Waals surface area contributed by atoms with Gasteiger partial charge in [-0.15, -0.1) is 0 Å². The van der Waals surface area contributed by atoms with Crippen LogP contribution in [0.3, 0.4) is 0 Å². The maximum atomic E-state index is 8.17. The molecule has 7 N–H and O–H groups in total. The van der Waals surface area contributed by atoms with Gasteiger partial charge in [-0.2, -0.15) is 0 Å². The number of aliphatic hydroxyl groups is 3. The summed E-state index contributed by atoms with van der Waals surface area (Å²) in [6, 6.07) is 7.25. The second kappa shape index (κ2) is 7.14. The van der Waals surface area contributed by atoms with Crippen LogP contribution in [-0.2, 0) is 0 Å². The van der Waals surface area contributed by atoms with E-state index in [4.69, 9.17) is 26.8 Å². The van der Waals surface area contributed by atoms with E-state index >= 15 is 0 Å². The molecule has 0 heterocycles. The van der Waals surface area contributed by atoms with Crippen molar-refractivity contribution in [3.05, 3.63) is 24.3 Å². The number of rotatable bonds is 2. The number of anilines is 2. The largest absolute Gasteiger partial charge is 0.397 e. The Morgan fingerprint density at radius 2 is 1.36 bits per heavy atom. The van der Waals surface area contributed by atoms with Gasteiger partial charge >= 0.3 is 0 Å². The molecule has 5 nitrogen and oxygen atoms in total. The van der Waals surface area contributed by atoms with Gasteiger partial charge in [-0.05, 0) is 12.1 Å². The summed E-state index contributed by atoms with van der Waals surface area (Å²) in [4.78, 5) is 0. The van der Waals surface area contributed by atoms with E-state index in [1.807, 2.05) is 12.1 Å². The van der Waals surface area contributed by atoms with Crippen molar-refractivity contribution in [2.75, 3.05) is 24.7 Å². The van der Waals surface area contributed by atoms with Crippen molar-refractivity contribution in [1.29, 1.82) is 0 Å². The molecule has 0 amide bonds. The molecule has 5 heteroatoms. The van der Waals surface area contributed by atoms with Crippen LogP contribution in [0.2, 0.25) is 0 Å². The van der Waals surface area contributed by atoms with Crippen LogP contribution in [-0.4, -0.2) is 34.6 Å². The number of nitrogen functional groups attached to an aromatic ring is 2. The lowest BCUT2D eigenvalue weighted by atomic mass is 10.3. The van der Waals surface area contributed by atoms with E-state index in [0.717, 1.165) is 0 Å². The fraction of sp³-hybridized carbons (Fsp3) is 0.333. The zero-order valence-corrected chi connectivity index (χ0v) is 7.80. The van der Waals surface area contributed by atoms with Crippen LogP contribution in [0.5, 0.6) is 0 Å². The summed E-state index contributed by atoms with van der Waals surface area (Å²) in [6.07, 6.45) is -0.954. The highest BCUT2D eigenvalue weighted by Crippen LogP contribution is 2.10. The summed E-state index contributed by atoms with van der Waals surface area (Å²) in [6.45, 7) is -0.729. The predicted octanol–water partition coefficient (Wildman–Crippen LogP) is -0.817. The van der Waals surface area contributed by atoms with Crippen LogP contribution < -0.4 is 11.5 Å². The smallest absolute Gasteiger partial charge is 0.100 e. The normalized spacial score (nSPS) is 9.43. The molecule has 1 aromatic carbocycles. The predicted molar refractivity (Wildman–Crippen MR) is 55.4 cm³/mol. The molecule has 0 spiro atoms. The molecule has 0 aromatic heterocycles. The number of nitrogens with two attached hydrogens (primary N) is 2. The lowest BCUT2D eigenvalue weighted by Gasteiger charge is -1.96. The Balaban J connectivity index is 0.000000255. The van der Waals surface area contributed by atoms with Gasteiger partial charge < -0.3 is 26.8 Å². The van der Waals surface area contributed by atoms with Crippen molar-refractivity contribution < 1.29 is 15.3 Å². The highest BCUT2D eigenvalue weighted by atomic mass is 16.3. The van der Waals surface area contributed by atoms with Gasteiger partial charge in [-0.3, -0.25) is 0 Å². The average molecular weight is 200 g/mol. The summed E-state index contributed by atoms with van der Waals surface area (Å²) < 4.78 is 0. The molecular formula is C9H16N2O3. The molecule has 0 aliphatic heterocycles. The number of para-hydroxylation sites is 2. The maximum absolute atomic E-state index is 8.17. The first-order valence-corrected chi connectivity index (χ1v) is 4.11. The molecule has 0 fully saturated rings. The Morgan fingerprint density at radius 1 is 1.00 bits per heavy atom. The van der Waals surface area contributed by atoms with Gasteiger partial charge in [0.15, 0.2) is 0 Å². The van der Waals surface area contributed by atoms with Crippen molar-refractivity contribution in [3.8, 4) is 0 Å². The second-order valence-electron chi connectivity index (χ2n) is 2.65. The summed E-state index contributed by atoms with van der Waals surface area (Å²) in [5.74, 6) is 0. The van der Waals surface area contributed by atoms with Gasteiger partial charge in [0.05, 0.1) is 24.6 Å². The number of benzene rings is 1. The number of aliphatic hydroxyl groups excluding tert-OH is 3. The third-order valence-corrected chi connectivity index (χ3v) is 1.42. The summed E-state index contributed by atoms with van der Waals surface area (Å²) in [5.41, 5.74) is 12.1. The van der Waals surface area contributed by atoms with Crippen molar-refractivity contribution in [2.45, 2.75) is 6.10 Å². The third-order valence-electron chi connectivity index (χ3n) is 1.42. The van der Waals surface area contributed by atoms with Crippen molar-refractivity contribution >= 4 is 11.4 Å². The van der Waals surface area contributed by atoms with Crippen LogP contribution in [0.1, 0.15) is 0 Å². The molecule has 80 valence electrons. The standard InChI is InChI=1S/C6H8N2.C3H8O3/c7-5-3-1-2-4-6(5)8;4-1-3(6)2-5/h1-4H,7-8H2;3-6H,1-2H2. The van der Waals surface area contributed by atoms with Crippen LogP contribution in [0.4, 0.5) is 11.4 Å². The minimum absolute atomic E-state index is 0.365. The quantitative estimate of drug-likeness (QED) is 0.400. The lowest BCUT2D eigenvalue weighted by Crippen LogP contribution is -2.15. The van der Waals surface area contributed by atoms with Crippen molar-refractivity contribution in [3.63, 3.8) is 0 Å². The van der Waals surface area contributed by atoms with Crippen LogP contribution in [0, 0.1) is 0 Å². The summed E-state index contributed by atoms with van der Waals surface area (Å²) >= 11 is 0. The Labute approximate surface area is 82.6 Å². The second-order valence-corrected chi connectivity index (χ2v) is 2.65. The van der Waals surface area contributed by atoms with E-state index < -0.39 is 6.10 Å². The molecule has 0 saturated heterocycles. The topological polar surface area (TPSA) is 113 Å². The summed E-state index contributed by atoms with van der Waals surface area (Å²) in [5, 5.41) is 24.0. The molecule has 0 aliphatic carbocycles. The maximum Gasteiger partial charge on any atom is 0.100 e. The van der Waals surface area contributed by atoms with Gasteiger partial charge in [-0.1, -0.05) is 12.1 Å². The minimum Gasteiger partial charge on any atom is -0.397 e. The van der Waals surface area contributed by atoms with E-state index in [1.54, 1.807) is 12.1 Å². The molecule has 0 aliphatic rings. The monoisotopic (exact) mass is 200 g/mol. The van der Waals surface area contributed by atoms with Crippen LogP contribution in [0.25, 0.3) is 0 Å². The Hall–Kier alpha value is -1.30. The van der Waals surface area contributed by atoms with Crippen LogP contribution >= 0.6 is 0 Å². The van der Waals surface area contributed by atoms with E-state index in [0.29, 0.717) is 11.4 Å². The van der Waals surface area contributed by atoms with Gasteiger partial charge in [0, 0.05) is 0 Å². The Bertz CT molecular complexity index is 231. The molecule has 0 atom stereocenters. The molecule has 0 radical (unpaired) electrons. The Kier molecular flexibility index (Phi) is 6.47. The van der Waals surface area contributed by atoms with E-state index in [2.05, 4.69) is 0 Å². The zero-order chi connectivity index (χ0) is 11.0. The van der Waals surface area contributed by atoms with E-state index in [-0.39, 0.29) is 13.2 Å². The van der Waals surface area contributed by atoms with Gasteiger partial charge in [-0.25, -0.2) is 0 Å². The number of hydrogen-bond acceptors (Lipinski definition) is 5. The molecule has 0 saturated carbocycles. The molecule has 1 aromatic rings. The third kappa shape index (κ3) is 5.36. The fourth-order valence-electron chi connectivity index (χ4n) is 0.569. The number of hydrogen-bond donors (Lipinski definition) is 5. The molecule has 1 rings (SSSR count). The molecule has 14 heavy (non-hydrogen) atoms. The Morgan fingerprint density at radius 3 is 1.50 bits per heavy atom. The highest BCUT2D eigenvalue weighted by molar-refractivity contribution is 5.62. The van der Waals surface area contributed by atoms with Gasteiger partial charge in [0.25, 0.3) is 0 Å². The molecule has 0 bridgehead atoms. The van der Waals surface area contributed by atoms with Gasteiger partial charge in [0.1, 0.15) is 6.10 Å². The molecule has 0 unspecified atom stereocenters. The summed E-state index contributed by atoms with van der Waals surface area (Å²) in [7, 11) is 0. The SMILES string of the molecule is Nc1ccccc1N.OCC(O)CO. The highest BCUT2D eigenvalue weighted by Gasteiger charge is 1.93.